The van der Waals surface area contributed by atoms with Gasteiger partial charge in [0.15, 0.2) is 0 Å². The smallest absolute Gasteiger partial charge is 0.269 e. The maximum atomic E-state index is 12.3. The van der Waals surface area contributed by atoms with E-state index in [9.17, 15) is 9.59 Å². The molecule has 0 saturated carbocycles. The number of rotatable bonds is 3. The average molecular weight is 531 g/mol. The molecule has 0 saturated heterocycles. The number of methoxy groups -OCH3 is 1. The van der Waals surface area contributed by atoms with Gasteiger partial charge in [-0.15, -0.1) is 0 Å². The molecule has 0 radical (unpaired) electrons. The molecule has 0 unspecified atom stereocenters. The molecule has 7 heteroatoms. The van der Waals surface area contributed by atoms with Crippen LogP contribution in [0.5, 0.6) is 5.75 Å². The van der Waals surface area contributed by atoms with Crippen molar-refractivity contribution in [3.8, 4) is 5.75 Å². The van der Waals surface area contributed by atoms with Gasteiger partial charge in [-0.2, -0.15) is 0 Å². The van der Waals surface area contributed by atoms with Crippen molar-refractivity contribution in [2.75, 3.05) is 7.11 Å². The Morgan fingerprint density at radius 2 is 1.54 bits per heavy atom. The summed E-state index contributed by atoms with van der Waals surface area (Å²) in [5.41, 5.74) is 6.82. The maximum Gasteiger partial charge on any atom is 0.269 e. The van der Waals surface area contributed by atoms with Crippen LogP contribution in [0, 0.1) is 3.57 Å². The van der Waals surface area contributed by atoms with Crippen LogP contribution in [-0.4, -0.2) is 18.9 Å². The van der Waals surface area contributed by atoms with Gasteiger partial charge in [-0.05, 0) is 63.9 Å². The molecular weight excluding hydrogens is 511 g/mol. The van der Waals surface area contributed by atoms with E-state index < -0.39 is 5.91 Å². The number of halogens is 2. The van der Waals surface area contributed by atoms with Crippen LogP contribution in [0.1, 0.15) is 47.1 Å². The van der Waals surface area contributed by atoms with E-state index in [1.54, 1.807) is 37.4 Å². The molecule has 0 spiro atoms. The molecule has 0 bridgehead atoms. The normalized spacial score (nSPS) is 11.0. The van der Waals surface area contributed by atoms with Gasteiger partial charge in [-0.1, -0.05) is 42.8 Å². The molecule has 0 aliphatic rings. The number of ether oxygens (including phenoxy) is 1. The lowest BCUT2D eigenvalue weighted by Gasteiger charge is -2.21. The van der Waals surface area contributed by atoms with Crippen molar-refractivity contribution < 1.29 is 14.3 Å². The summed E-state index contributed by atoms with van der Waals surface area (Å²) in [5.74, 6) is -0.0954. The van der Waals surface area contributed by atoms with Gasteiger partial charge in [0.25, 0.3) is 11.8 Å². The Morgan fingerprint density at radius 3 is 2.00 bits per heavy atom. The zero-order chi connectivity index (χ0) is 19.5. The van der Waals surface area contributed by atoms with Crippen LogP contribution >= 0.6 is 38.5 Å². The molecule has 5 nitrogen and oxygen atoms in total. The fourth-order valence-electron chi connectivity index (χ4n) is 2.33. The molecule has 0 aromatic heterocycles. The molecule has 2 aromatic rings. The molecule has 26 heavy (non-hydrogen) atoms. The Balaban J connectivity index is 2.05. The number of nitrogens with one attached hydrogen (secondary N) is 2. The van der Waals surface area contributed by atoms with Crippen LogP contribution in [-0.2, 0) is 5.41 Å². The fourth-order valence-corrected chi connectivity index (χ4v) is 4.04. The van der Waals surface area contributed by atoms with Gasteiger partial charge < -0.3 is 4.74 Å². The molecule has 0 heterocycles. The highest BCUT2D eigenvalue weighted by Gasteiger charge is 2.18. The van der Waals surface area contributed by atoms with Gasteiger partial charge >= 0.3 is 0 Å². The van der Waals surface area contributed by atoms with E-state index in [4.69, 9.17) is 4.74 Å². The molecule has 2 rings (SSSR count). The minimum Gasteiger partial charge on any atom is -0.496 e. The SMILES string of the molecule is COc1ccc(C(=O)NNC(=O)c2ccc(C(C)(C)C)c(Br)c2)cc1I. The quantitative estimate of drug-likeness (QED) is 0.455. The van der Waals surface area contributed by atoms with E-state index in [-0.39, 0.29) is 11.3 Å². The standard InChI is InChI=1S/C19H20BrIN2O3/c1-19(2,3)13-7-5-11(9-14(13)20)17(24)22-23-18(25)12-6-8-16(26-4)15(21)10-12/h5-10H,1-4H3,(H,22,24)(H,23,25). The van der Waals surface area contributed by atoms with E-state index in [2.05, 4.69) is 70.1 Å². The van der Waals surface area contributed by atoms with E-state index >= 15 is 0 Å². The Bertz CT molecular complexity index is 847. The molecule has 138 valence electrons. The average Bonchev–Trinajstić information content (AvgIpc) is 2.58. The first kappa shape index (κ1) is 20.7. The van der Waals surface area contributed by atoms with Crippen molar-refractivity contribution in [2.45, 2.75) is 26.2 Å². The lowest BCUT2D eigenvalue weighted by atomic mass is 9.86. The van der Waals surface area contributed by atoms with Crippen LogP contribution in [0.3, 0.4) is 0 Å². The molecule has 2 N–H and O–H groups in total. The fraction of sp³-hybridized carbons (Fsp3) is 0.263. The highest BCUT2D eigenvalue weighted by atomic mass is 127. The Kier molecular flexibility index (Phi) is 6.68. The minimum atomic E-state index is -0.399. The monoisotopic (exact) mass is 530 g/mol. The molecule has 2 amide bonds. The van der Waals surface area contributed by atoms with Crippen molar-refractivity contribution in [3.63, 3.8) is 0 Å². The summed E-state index contributed by atoms with van der Waals surface area (Å²) in [6.45, 7) is 6.30. The first-order chi connectivity index (χ1) is 12.1. The maximum absolute atomic E-state index is 12.3. The molecule has 0 atom stereocenters. The lowest BCUT2D eigenvalue weighted by molar-refractivity contribution is 0.0846. The van der Waals surface area contributed by atoms with Crippen molar-refractivity contribution in [2.24, 2.45) is 0 Å². The molecule has 0 fully saturated rings. The van der Waals surface area contributed by atoms with E-state index in [0.29, 0.717) is 16.9 Å². The summed E-state index contributed by atoms with van der Waals surface area (Å²) in [7, 11) is 1.57. The summed E-state index contributed by atoms with van der Waals surface area (Å²) < 4.78 is 6.83. The molecule has 2 aromatic carbocycles. The summed E-state index contributed by atoms with van der Waals surface area (Å²) in [4.78, 5) is 24.5. The van der Waals surface area contributed by atoms with Gasteiger partial charge in [0.05, 0.1) is 10.7 Å². The third-order valence-corrected chi connectivity index (χ3v) is 5.24. The number of hydrogen-bond donors (Lipinski definition) is 2. The van der Waals surface area contributed by atoms with E-state index in [1.807, 2.05) is 6.07 Å². The van der Waals surface area contributed by atoms with Crippen LogP contribution in [0.4, 0.5) is 0 Å². The summed E-state index contributed by atoms with van der Waals surface area (Å²) in [5, 5.41) is 0. The Morgan fingerprint density at radius 1 is 1.00 bits per heavy atom. The number of benzene rings is 2. The lowest BCUT2D eigenvalue weighted by Crippen LogP contribution is -2.41. The summed E-state index contributed by atoms with van der Waals surface area (Å²) >= 11 is 5.60. The largest absolute Gasteiger partial charge is 0.496 e. The second-order valence-corrected chi connectivity index (χ2v) is 8.72. The predicted octanol–water partition coefficient (Wildman–Crippen LogP) is 4.43. The second kappa shape index (κ2) is 8.39. The third kappa shape index (κ3) is 4.97. The first-order valence-electron chi connectivity index (χ1n) is 7.87. The van der Waals surface area contributed by atoms with Gasteiger partial charge in [-0.25, -0.2) is 0 Å². The predicted molar refractivity (Wildman–Crippen MR) is 113 cm³/mol. The number of carbonyl (C=O) groups is 2. The van der Waals surface area contributed by atoms with Crippen LogP contribution in [0.25, 0.3) is 0 Å². The van der Waals surface area contributed by atoms with Crippen molar-refractivity contribution in [1.82, 2.24) is 10.9 Å². The number of carbonyl (C=O) groups excluding carboxylic acids is 2. The third-order valence-electron chi connectivity index (χ3n) is 3.74. The zero-order valence-electron chi connectivity index (χ0n) is 14.9. The van der Waals surface area contributed by atoms with Crippen LogP contribution in [0.2, 0.25) is 0 Å². The Labute approximate surface area is 175 Å². The van der Waals surface area contributed by atoms with Crippen LogP contribution in [0.15, 0.2) is 40.9 Å². The molecular formula is C19H20BrIN2O3. The van der Waals surface area contributed by atoms with E-state index in [0.717, 1.165) is 13.6 Å². The Hall–Kier alpha value is -1.61. The summed E-state index contributed by atoms with van der Waals surface area (Å²) in [6.07, 6.45) is 0. The van der Waals surface area contributed by atoms with Crippen molar-refractivity contribution >= 4 is 50.3 Å². The van der Waals surface area contributed by atoms with Crippen molar-refractivity contribution in [3.05, 3.63) is 61.1 Å². The topological polar surface area (TPSA) is 67.4 Å². The van der Waals surface area contributed by atoms with Gasteiger partial charge in [0.2, 0.25) is 0 Å². The second-order valence-electron chi connectivity index (χ2n) is 6.70. The van der Waals surface area contributed by atoms with Crippen LogP contribution < -0.4 is 15.6 Å². The zero-order valence-corrected chi connectivity index (χ0v) is 18.7. The highest BCUT2D eigenvalue weighted by molar-refractivity contribution is 14.1. The minimum absolute atomic E-state index is 0.0342. The number of hydrazine groups is 1. The number of amides is 2. The molecule has 0 aliphatic carbocycles. The van der Waals surface area contributed by atoms with Gasteiger partial charge in [0, 0.05) is 15.6 Å². The van der Waals surface area contributed by atoms with Gasteiger partial charge in [0.1, 0.15) is 5.75 Å². The van der Waals surface area contributed by atoms with E-state index in [1.165, 1.54) is 0 Å². The first-order valence-corrected chi connectivity index (χ1v) is 9.75. The van der Waals surface area contributed by atoms with Gasteiger partial charge in [-0.3, -0.25) is 20.4 Å². The highest BCUT2D eigenvalue weighted by Crippen LogP contribution is 2.30. The van der Waals surface area contributed by atoms with Crippen molar-refractivity contribution in [1.29, 1.82) is 0 Å². The summed E-state index contributed by atoms with van der Waals surface area (Å²) in [6, 6.07) is 10.4. The molecule has 0 aliphatic heterocycles. The number of hydrogen-bond acceptors (Lipinski definition) is 3.